The normalized spacial score (nSPS) is 13.2. The van der Waals surface area contributed by atoms with Crippen molar-refractivity contribution in [2.45, 2.75) is 19.1 Å². The van der Waals surface area contributed by atoms with Crippen LogP contribution in [0.25, 0.3) is 0 Å². The van der Waals surface area contributed by atoms with Gasteiger partial charge in [-0.2, -0.15) is 13.2 Å². The Hall–Kier alpha value is -1.99. The number of nitrogens with zero attached hydrogens (tertiary/aromatic N) is 1. The van der Waals surface area contributed by atoms with E-state index in [0.29, 0.717) is 6.07 Å². The fraction of sp³-hybridized carbons (Fsp3) is 0.333. The van der Waals surface area contributed by atoms with Crippen molar-refractivity contribution < 1.29 is 18.0 Å². The fourth-order valence-electron chi connectivity index (χ4n) is 1.08. The SMILES string of the molecule is CC(Nc1cc(C(F)(F)F)cc(N)n1)C(N)=O. The Kier molecular flexibility index (Phi) is 3.45. The Balaban J connectivity index is 3.02. The molecule has 0 saturated heterocycles. The molecule has 0 fully saturated rings. The molecule has 0 bridgehead atoms. The van der Waals surface area contributed by atoms with Gasteiger partial charge in [0.1, 0.15) is 17.7 Å². The molecule has 0 aliphatic heterocycles. The molecule has 1 aromatic heterocycles. The average Bonchev–Trinajstić information content (AvgIpc) is 2.15. The zero-order valence-corrected chi connectivity index (χ0v) is 8.88. The van der Waals surface area contributed by atoms with Gasteiger partial charge < -0.3 is 16.8 Å². The highest BCUT2D eigenvalue weighted by atomic mass is 19.4. The quantitative estimate of drug-likeness (QED) is 0.742. The Morgan fingerprint density at radius 2 is 2.06 bits per heavy atom. The van der Waals surface area contributed by atoms with Crippen molar-refractivity contribution in [2.24, 2.45) is 5.73 Å². The molecule has 1 heterocycles. The molecule has 1 atom stereocenters. The van der Waals surface area contributed by atoms with Crippen molar-refractivity contribution in [1.82, 2.24) is 4.98 Å². The summed E-state index contributed by atoms with van der Waals surface area (Å²) in [4.78, 5) is 14.4. The molecule has 0 spiro atoms. The van der Waals surface area contributed by atoms with Crippen LogP contribution in [0.5, 0.6) is 0 Å². The lowest BCUT2D eigenvalue weighted by molar-refractivity contribution is -0.137. The second kappa shape index (κ2) is 4.48. The van der Waals surface area contributed by atoms with E-state index in [0.717, 1.165) is 6.07 Å². The van der Waals surface area contributed by atoms with E-state index in [1.54, 1.807) is 0 Å². The number of carbonyl (C=O) groups is 1. The van der Waals surface area contributed by atoms with Crippen molar-refractivity contribution in [1.29, 1.82) is 0 Å². The van der Waals surface area contributed by atoms with Crippen LogP contribution >= 0.6 is 0 Å². The number of aromatic nitrogens is 1. The first-order valence-corrected chi connectivity index (χ1v) is 4.61. The molecule has 1 rings (SSSR count). The molecule has 17 heavy (non-hydrogen) atoms. The number of pyridine rings is 1. The summed E-state index contributed by atoms with van der Waals surface area (Å²) in [6.45, 7) is 1.40. The number of amides is 1. The third kappa shape index (κ3) is 3.51. The fourth-order valence-corrected chi connectivity index (χ4v) is 1.08. The van der Waals surface area contributed by atoms with E-state index in [1.165, 1.54) is 6.92 Å². The monoisotopic (exact) mass is 248 g/mol. The van der Waals surface area contributed by atoms with E-state index < -0.39 is 23.7 Å². The van der Waals surface area contributed by atoms with Gasteiger partial charge in [-0.15, -0.1) is 0 Å². The van der Waals surface area contributed by atoms with Gasteiger partial charge in [0.25, 0.3) is 0 Å². The summed E-state index contributed by atoms with van der Waals surface area (Å²) in [6.07, 6.45) is -4.52. The molecule has 0 aliphatic rings. The summed E-state index contributed by atoms with van der Waals surface area (Å²) in [5.74, 6) is -1.15. The number of alkyl halides is 3. The number of hydrogen-bond acceptors (Lipinski definition) is 4. The van der Waals surface area contributed by atoms with Crippen LogP contribution in [-0.4, -0.2) is 16.9 Å². The van der Waals surface area contributed by atoms with E-state index >= 15 is 0 Å². The third-order valence-corrected chi connectivity index (χ3v) is 1.96. The summed E-state index contributed by atoms with van der Waals surface area (Å²) in [6, 6.07) is 0.626. The number of primary amides is 1. The molecule has 0 radical (unpaired) electrons. The van der Waals surface area contributed by atoms with E-state index in [4.69, 9.17) is 11.5 Å². The molecule has 94 valence electrons. The van der Waals surface area contributed by atoms with E-state index in [-0.39, 0.29) is 11.6 Å². The molecule has 5 N–H and O–H groups in total. The number of nitrogens with two attached hydrogens (primary N) is 2. The minimum atomic E-state index is -4.52. The smallest absolute Gasteiger partial charge is 0.384 e. The zero-order chi connectivity index (χ0) is 13.2. The Bertz CT molecular complexity index is 433. The highest BCUT2D eigenvalue weighted by Crippen LogP contribution is 2.31. The highest BCUT2D eigenvalue weighted by molar-refractivity contribution is 5.82. The molecule has 0 saturated carbocycles. The number of nitrogens with one attached hydrogen (secondary N) is 1. The molecule has 8 heteroatoms. The molecule has 1 amide bonds. The van der Waals surface area contributed by atoms with Gasteiger partial charge in [0, 0.05) is 0 Å². The van der Waals surface area contributed by atoms with Crippen LogP contribution in [-0.2, 0) is 11.0 Å². The number of halogens is 3. The average molecular weight is 248 g/mol. The first-order valence-electron chi connectivity index (χ1n) is 4.61. The lowest BCUT2D eigenvalue weighted by Crippen LogP contribution is -2.32. The topological polar surface area (TPSA) is 94.0 Å². The summed E-state index contributed by atoms with van der Waals surface area (Å²) in [5, 5.41) is 2.43. The predicted molar refractivity (Wildman–Crippen MR) is 55.9 cm³/mol. The van der Waals surface area contributed by atoms with Crippen LogP contribution in [0, 0.1) is 0 Å². The van der Waals surface area contributed by atoms with E-state index in [1.807, 2.05) is 0 Å². The van der Waals surface area contributed by atoms with Gasteiger partial charge >= 0.3 is 6.18 Å². The Labute approximate surface area is 95.0 Å². The number of rotatable bonds is 3. The van der Waals surface area contributed by atoms with Crippen molar-refractivity contribution in [2.75, 3.05) is 11.1 Å². The van der Waals surface area contributed by atoms with Crippen LogP contribution < -0.4 is 16.8 Å². The maximum atomic E-state index is 12.4. The number of hydrogen-bond donors (Lipinski definition) is 3. The second-order valence-corrected chi connectivity index (χ2v) is 3.43. The Morgan fingerprint density at radius 3 is 2.53 bits per heavy atom. The maximum Gasteiger partial charge on any atom is 0.416 e. The van der Waals surface area contributed by atoms with Crippen molar-refractivity contribution >= 4 is 17.5 Å². The van der Waals surface area contributed by atoms with Crippen LogP contribution in [0.2, 0.25) is 0 Å². The Morgan fingerprint density at radius 1 is 1.47 bits per heavy atom. The van der Waals surface area contributed by atoms with Gasteiger partial charge in [0.15, 0.2) is 0 Å². The van der Waals surface area contributed by atoms with Crippen LogP contribution in [0.3, 0.4) is 0 Å². The first-order chi connectivity index (χ1) is 7.70. The van der Waals surface area contributed by atoms with Gasteiger partial charge in [0.2, 0.25) is 5.91 Å². The third-order valence-electron chi connectivity index (χ3n) is 1.96. The molecule has 1 aromatic rings. The van der Waals surface area contributed by atoms with Crippen molar-refractivity contribution in [3.05, 3.63) is 17.7 Å². The summed E-state index contributed by atoms with van der Waals surface area (Å²) < 4.78 is 37.3. The van der Waals surface area contributed by atoms with Gasteiger partial charge in [0.05, 0.1) is 5.56 Å². The minimum Gasteiger partial charge on any atom is -0.384 e. The maximum absolute atomic E-state index is 12.4. The minimum absolute atomic E-state index is 0.149. The first kappa shape index (κ1) is 13.1. The van der Waals surface area contributed by atoms with Crippen molar-refractivity contribution in [3.8, 4) is 0 Å². The molecule has 0 aliphatic carbocycles. The summed E-state index contributed by atoms with van der Waals surface area (Å²) in [7, 11) is 0. The molecule has 5 nitrogen and oxygen atoms in total. The summed E-state index contributed by atoms with van der Waals surface area (Å²) in [5.41, 5.74) is 9.26. The lowest BCUT2D eigenvalue weighted by Gasteiger charge is -2.13. The van der Waals surface area contributed by atoms with Gasteiger partial charge in [-0.25, -0.2) is 4.98 Å². The largest absolute Gasteiger partial charge is 0.416 e. The van der Waals surface area contributed by atoms with Crippen molar-refractivity contribution in [3.63, 3.8) is 0 Å². The number of anilines is 2. The van der Waals surface area contributed by atoms with E-state index in [9.17, 15) is 18.0 Å². The molecule has 1 unspecified atom stereocenters. The van der Waals surface area contributed by atoms with Gasteiger partial charge in [-0.05, 0) is 19.1 Å². The lowest BCUT2D eigenvalue weighted by atomic mass is 10.2. The van der Waals surface area contributed by atoms with Crippen LogP contribution in [0.4, 0.5) is 24.8 Å². The summed E-state index contributed by atoms with van der Waals surface area (Å²) >= 11 is 0. The number of carbonyl (C=O) groups excluding carboxylic acids is 1. The zero-order valence-electron chi connectivity index (χ0n) is 8.88. The molecular weight excluding hydrogens is 237 g/mol. The molecule has 0 aromatic carbocycles. The molecular formula is C9H11F3N4O. The van der Waals surface area contributed by atoms with Gasteiger partial charge in [-0.1, -0.05) is 0 Å². The van der Waals surface area contributed by atoms with Crippen LogP contribution in [0.15, 0.2) is 12.1 Å². The van der Waals surface area contributed by atoms with Gasteiger partial charge in [-0.3, -0.25) is 4.79 Å². The van der Waals surface area contributed by atoms with E-state index in [2.05, 4.69) is 10.3 Å². The second-order valence-electron chi connectivity index (χ2n) is 3.43. The highest BCUT2D eigenvalue weighted by Gasteiger charge is 2.31. The standard InChI is InChI=1S/C9H11F3N4O/c1-4(8(14)17)15-7-3-5(9(10,11)12)2-6(13)16-7/h2-4H,1H3,(H2,14,17)(H3,13,15,16). The predicted octanol–water partition coefficient (Wildman–Crippen LogP) is 0.968. The van der Waals surface area contributed by atoms with Crippen LogP contribution in [0.1, 0.15) is 12.5 Å². The number of nitrogen functional groups attached to an aromatic ring is 1.